The Morgan fingerprint density at radius 1 is 0.767 bits per heavy atom. The van der Waals surface area contributed by atoms with Gasteiger partial charge in [0, 0.05) is 34.1 Å². The highest BCUT2D eigenvalue weighted by atomic mass is 32.2. The first kappa shape index (κ1) is 22.0. The summed E-state index contributed by atoms with van der Waals surface area (Å²) in [6.45, 7) is 9.43. The van der Waals surface area contributed by atoms with E-state index in [4.69, 9.17) is 0 Å². The summed E-state index contributed by atoms with van der Waals surface area (Å²) in [5.41, 5.74) is 5.98. The maximum absolute atomic E-state index is 12.8. The van der Waals surface area contributed by atoms with E-state index in [2.05, 4.69) is 64.1 Å². The molecule has 2 aromatic rings. The normalized spacial score (nSPS) is 19.9. The van der Waals surface area contributed by atoms with Crippen molar-refractivity contribution < 1.29 is 4.79 Å². The molecule has 0 amide bonds. The highest BCUT2D eigenvalue weighted by Gasteiger charge is 2.24. The quantitative estimate of drug-likeness (QED) is 0.504. The van der Waals surface area contributed by atoms with Crippen molar-refractivity contribution in [1.29, 1.82) is 0 Å². The lowest BCUT2D eigenvalue weighted by molar-refractivity contribution is -0.117. The van der Waals surface area contributed by atoms with Gasteiger partial charge in [-0.3, -0.25) is 4.79 Å². The zero-order valence-corrected chi connectivity index (χ0v) is 20.5. The Labute approximate surface area is 190 Å². The van der Waals surface area contributed by atoms with Gasteiger partial charge in [-0.25, -0.2) is 0 Å². The number of hydrogen-bond donors (Lipinski definition) is 0. The SMILES string of the molecule is CC1(C)CCc2cc(CC(=O)Cc3ccc4c(c3)CCC(C)(C)CS4)ccc2SC1. The molecule has 30 heavy (non-hydrogen) atoms. The fraction of sp³-hybridized carbons (Fsp3) is 0.519. The van der Waals surface area contributed by atoms with Gasteiger partial charge in [-0.1, -0.05) is 52.0 Å². The van der Waals surface area contributed by atoms with E-state index < -0.39 is 0 Å². The molecule has 2 aliphatic heterocycles. The Bertz CT molecular complexity index is 866. The summed E-state index contributed by atoms with van der Waals surface area (Å²) < 4.78 is 0. The zero-order valence-electron chi connectivity index (χ0n) is 18.8. The average molecular weight is 439 g/mol. The van der Waals surface area contributed by atoms with E-state index in [1.165, 1.54) is 56.4 Å². The van der Waals surface area contributed by atoms with Crippen LogP contribution in [0.5, 0.6) is 0 Å². The molecule has 0 fully saturated rings. The highest BCUT2D eigenvalue weighted by molar-refractivity contribution is 7.99. The minimum Gasteiger partial charge on any atom is -0.299 e. The lowest BCUT2D eigenvalue weighted by Gasteiger charge is -2.20. The van der Waals surface area contributed by atoms with Gasteiger partial charge >= 0.3 is 0 Å². The van der Waals surface area contributed by atoms with Crippen LogP contribution in [0.3, 0.4) is 0 Å². The van der Waals surface area contributed by atoms with Gasteiger partial charge in [0.15, 0.2) is 0 Å². The Morgan fingerprint density at radius 2 is 1.20 bits per heavy atom. The van der Waals surface area contributed by atoms with Gasteiger partial charge in [-0.2, -0.15) is 0 Å². The van der Waals surface area contributed by atoms with Crippen molar-refractivity contribution in [3.8, 4) is 0 Å². The summed E-state index contributed by atoms with van der Waals surface area (Å²) >= 11 is 3.95. The van der Waals surface area contributed by atoms with Crippen molar-refractivity contribution in [2.75, 3.05) is 11.5 Å². The van der Waals surface area contributed by atoms with Gasteiger partial charge in [0.2, 0.25) is 0 Å². The van der Waals surface area contributed by atoms with Gasteiger partial charge < -0.3 is 0 Å². The van der Waals surface area contributed by atoms with Crippen LogP contribution in [0, 0.1) is 10.8 Å². The lowest BCUT2D eigenvalue weighted by atomic mass is 9.88. The maximum atomic E-state index is 12.8. The minimum absolute atomic E-state index is 0.318. The molecule has 0 aromatic heterocycles. The number of carbonyl (C=O) groups is 1. The molecule has 0 atom stereocenters. The van der Waals surface area contributed by atoms with Crippen LogP contribution >= 0.6 is 23.5 Å². The molecule has 2 heterocycles. The smallest absolute Gasteiger partial charge is 0.141 e. The van der Waals surface area contributed by atoms with Crippen LogP contribution in [0.1, 0.15) is 62.8 Å². The standard InChI is InChI=1S/C27H34OS2/c1-26(2)11-9-21-13-19(5-7-24(21)29-17-26)15-23(28)16-20-6-8-25-22(14-20)10-12-27(3,4)18-30-25/h5-8,13-14H,9-12,15-18H2,1-4H3. The number of Topliss-reactive ketones (excluding diaryl/α,β-unsaturated/α-hetero) is 1. The number of thioether (sulfide) groups is 2. The molecule has 2 aliphatic rings. The summed E-state index contributed by atoms with van der Waals surface area (Å²) in [4.78, 5) is 15.7. The van der Waals surface area contributed by atoms with E-state index in [0.717, 1.165) is 12.8 Å². The molecule has 0 radical (unpaired) electrons. The Hall–Kier alpha value is -1.19. The average Bonchev–Trinajstić information content (AvgIpc) is 2.93. The minimum atomic E-state index is 0.318. The first-order chi connectivity index (χ1) is 14.2. The van der Waals surface area contributed by atoms with Gasteiger partial charge in [0.25, 0.3) is 0 Å². The van der Waals surface area contributed by atoms with Crippen LogP contribution in [-0.4, -0.2) is 17.3 Å². The number of benzene rings is 2. The Morgan fingerprint density at radius 3 is 1.63 bits per heavy atom. The molecule has 1 nitrogen and oxygen atoms in total. The second kappa shape index (κ2) is 8.74. The molecule has 0 N–H and O–H groups in total. The molecule has 0 saturated heterocycles. The first-order valence-electron chi connectivity index (χ1n) is 11.2. The molecular formula is C27H34OS2. The van der Waals surface area contributed by atoms with Crippen molar-refractivity contribution in [3.63, 3.8) is 0 Å². The fourth-order valence-corrected chi connectivity index (χ4v) is 6.71. The van der Waals surface area contributed by atoms with E-state index in [0.29, 0.717) is 29.5 Å². The zero-order chi connectivity index (χ0) is 21.4. The van der Waals surface area contributed by atoms with Gasteiger partial charge in [-0.15, -0.1) is 23.5 Å². The summed E-state index contributed by atoms with van der Waals surface area (Å²) in [5.74, 6) is 2.66. The third kappa shape index (κ3) is 5.53. The number of aryl methyl sites for hydroxylation is 2. The van der Waals surface area contributed by atoms with Crippen LogP contribution in [0.2, 0.25) is 0 Å². The molecule has 4 rings (SSSR count). The van der Waals surface area contributed by atoms with Crippen molar-refractivity contribution in [2.45, 2.75) is 76.0 Å². The van der Waals surface area contributed by atoms with Gasteiger partial charge in [0.1, 0.15) is 5.78 Å². The second-order valence-corrected chi connectivity index (χ2v) is 12.7. The Kier molecular flexibility index (Phi) is 6.42. The van der Waals surface area contributed by atoms with Crippen LogP contribution in [0.25, 0.3) is 0 Å². The molecule has 0 unspecified atom stereocenters. The summed E-state index contributed by atoms with van der Waals surface area (Å²) in [6.07, 6.45) is 5.76. The third-order valence-electron chi connectivity index (χ3n) is 6.43. The Balaban J connectivity index is 1.41. The van der Waals surface area contributed by atoms with Crippen LogP contribution < -0.4 is 0 Å². The van der Waals surface area contributed by atoms with Crippen molar-refractivity contribution >= 4 is 29.3 Å². The number of rotatable bonds is 4. The number of carbonyl (C=O) groups excluding carboxylic acids is 1. The van der Waals surface area contributed by atoms with Crippen LogP contribution in [0.15, 0.2) is 46.2 Å². The predicted octanol–water partition coefficient (Wildman–Crippen LogP) is 7.17. The molecule has 0 aliphatic carbocycles. The van der Waals surface area contributed by atoms with E-state index in [1.807, 2.05) is 23.5 Å². The summed E-state index contributed by atoms with van der Waals surface area (Å²) in [5, 5.41) is 0. The van der Waals surface area contributed by atoms with Crippen molar-refractivity contribution in [1.82, 2.24) is 0 Å². The van der Waals surface area contributed by atoms with Crippen molar-refractivity contribution in [3.05, 3.63) is 58.7 Å². The second-order valence-electron chi connectivity index (χ2n) is 10.7. The molecule has 160 valence electrons. The van der Waals surface area contributed by atoms with Crippen molar-refractivity contribution in [2.24, 2.45) is 10.8 Å². The third-order valence-corrected chi connectivity index (χ3v) is 9.70. The fourth-order valence-electron chi connectivity index (χ4n) is 4.31. The highest BCUT2D eigenvalue weighted by Crippen LogP contribution is 2.39. The molecular weight excluding hydrogens is 404 g/mol. The maximum Gasteiger partial charge on any atom is 0.141 e. The summed E-state index contributed by atoms with van der Waals surface area (Å²) in [6, 6.07) is 13.4. The number of hydrogen-bond acceptors (Lipinski definition) is 3. The molecule has 2 aromatic carbocycles. The largest absolute Gasteiger partial charge is 0.299 e. The first-order valence-corrected chi connectivity index (χ1v) is 13.2. The monoisotopic (exact) mass is 438 g/mol. The topological polar surface area (TPSA) is 17.1 Å². The molecule has 0 saturated carbocycles. The van der Waals surface area contributed by atoms with Gasteiger partial charge in [-0.05, 0) is 70.9 Å². The van der Waals surface area contributed by atoms with E-state index >= 15 is 0 Å². The molecule has 0 spiro atoms. The summed E-state index contributed by atoms with van der Waals surface area (Å²) in [7, 11) is 0. The number of ketones is 1. The van der Waals surface area contributed by atoms with E-state index in [-0.39, 0.29) is 0 Å². The lowest BCUT2D eigenvalue weighted by Crippen LogP contribution is -2.13. The van der Waals surface area contributed by atoms with Crippen LogP contribution in [0.4, 0.5) is 0 Å². The molecule has 3 heteroatoms. The van der Waals surface area contributed by atoms with Crippen LogP contribution in [-0.2, 0) is 30.5 Å². The van der Waals surface area contributed by atoms with Gasteiger partial charge in [0.05, 0.1) is 0 Å². The van der Waals surface area contributed by atoms with E-state index in [1.54, 1.807) is 0 Å². The van der Waals surface area contributed by atoms with E-state index in [9.17, 15) is 4.79 Å². The number of fused-ring (bicyclic) bond motifs is 2. The predicted molar refractivity (Wildman–Crippen MR) is 131 cm³/mol. The molecule has 0 bridgehead atoms.